The van der Waals surface area contributed by atoms with Gasteiger partial charge in [-0.05, 0) is 12.5 Å². The lowest BCUT2D eigenvalue weighted by Crippen LogP contribution is -2.32. The van der Waals surface area contributed by atoms with Gasteiger partial charge in [-0.25, -0.2) is 9.18 Å². The highest BCUT2D eigenvalue weighted by Crippen LogP contribution is 2.27. The van der Waals surface area contributed by atoms with Crippen LogP contribution in [0.1, 0.15) is 16.8 Å². The molecule has 0 bridgehead atoms. The van der Waals surface area contributed by atoms with E-state index in [2.05, 4.69) is 0 Å². The van der Waals surface area contributed by atoms with Gasteiger partial charge in [0.1, 0.15) is 11.8 Å². The second-order valence-corrected chi connectivity index (χ2v) is 5.19. The first-order valence-electron chi connectivity index (χ1n) is 6.70. The molecular formula is C15H14FNO4. The van der Waals surface area contributed by atoms with Gasteiger partial charge in [-0.3, -0.25) is 4.79 Å². The molecule has 1 N–H and O–H groups in total. The van der Waals surface area contributed by atoms with Gasteiger partial charge >= 0.3 is 5.97 Å². The second-order valence-electron chi connectivity index (χ2n) is 5.19. The van der Waals surface area contributed by atoms with Gasteiger partial charge in [0.05, 0.1) is 5.56 Å². The highest BCUT2D eigenvalue weighted by atomic mass is 19.1. The van der Waals surface area contributed by atoms with E-state index < -0.39 is 18.1 Å². The summed E-state index contributed by atoms with van der Waals surface area (Å²) >= 11 is 0. The molecule has 1 saturated heterocycles. The van der Waals surface area contributed by atoms with E-state index in [4.69, 9.17) is 9.52 Å². The van der Waals surface area contributed by atoms with E-state index in [-0.39, 0.29) is 12.5 Å². The van der Waals surface area contributed by atoms with Crippen LogP contribution in [-0.2, 0) is 4.79 Å². The zero-order valence-electron chi connectivity index (χ0n) is 11.2. The van der Waals surface area contributed by atoms with Gasteiger partial charge in [-0.15, -0.1) is 0 Å². The van der Waals surface area contributed by atoms with Crippen molar-refractivity contribution in [3.63, 3.8) is 0 Å². The molecule has 1 fully saturated rings. The third-order valence-corrected chi connectivity index (χ3v) is 3.87. The molecule has 0 saturated carbocycles. The number of amides is 1. The fourth-order valence-electron chi connectivity index (χ4n) is 2.73. The van der Waals surface area contributed by atoms with Gasteiger partial charge in [-0.2, -0.15) is 0 Å². The van der Waals surface area contributed by atoms with Crippen molar-refractivity contribution in [3.05, 3.63) is 36.1 Å². The number of benzene rings is 1. The first kappa shape index (κ1) is 13.6. The molecule has 1 amide bonds. The molecule has 2 aromatic rings. The van der Waals surface area contributed by atoms with Crippen LogP contribution in [-0.4, -0.2) is 41.1 Å². The average Bonchev–Trinajstić information content (AvgIpc) is 3.12. The van der Waals surface area contributed by atoms with Gasteiger partial charge in [-0.1, -0.05) is 18.2 Å². The summed E-state index contributed by atoms with van der Waals surface area (Å²) < 4.78 is 18.8. The molecule has 6 heteroatoms. The smallest absolute Gasteiger partial charge is 0.338 e. The Morgan fingerprint density at radius 3 is 2.90 bits per heavy atom. The maximum atomic E-state index is 13.5. The number of fused-ring (bicyclic) bond motifs is 1. The Labute approximate surface area is 119 Å². The third-order valence-electron chi connectivity index (χ3n) is 3.87. The van der Waals surface area contributed by atoms with Crippen LogP contribution in [0.25, 0.3) is 11.0 Å². The minimum atomic E-state index is -1.93. The molecule has 0 spiro atoms. The molecule has 1 aliphatic heterocycles. The minimum Gasteiger partial charge on any atom is -0.479 e. The summed E-state index contributed by atoms with van der Waals surface area (Å²) in [5, 5.41) is 9.41. The number of nitrogens with zero attached hydrogens (tertiary/aromatic N) is 1. The number of alkyl halides is 1. The molecule has 0 aliphatic carbocycles. The van der Waals surface area contributed by atoms with E-state index in [0.717, 1.165) is 0 Å². The van der Waals surface area contributed by atoms with Crippen LogP contribution in [0.2, 0.25) is 0 Å². The maximum Gasteiger partial charge on any atom is 0.338 e. The number of para-hydroxylation sites is 1. The zero-order valence-corrected chi connectivity index (χ0v) is 11.2. The highest BCUT2D eigenvalue weighted by molar-refractivity contribution is 6.06. The predicted molar refractivity (Wildman–Crippen MR) is 72.8 cm³/mol. The van der Waals surface area contributed by atoms with E-state index in [9.17, 15) is 14.0 Å². The normalized spacial score (nSPS) is 19.9. The fraction of sp³-hybridized carbons (Fsp3) is 0.333. The van der Waals surface area contributed by atoms with Crippen molar-refractivity contribution in [2.24, 2.45) is 5.92 Å². The first-order valence-corrected chi connectivity index (χ1v) is 6.70. The number of halogens is 1. The monoisotopic (exact) mass is 291 g/mol. The van der Waals surface area contributed by atoms with E-state index in [1.165, 1.54) is 11.2 Å². The van der Waals surface area contributed by atoms with Crippen LogP contribution in [0.5, 0.6) is 0 Å². The fourth-order valence-corrected chi connectivity index (χ4v) is 2.73. The molecule has 5 nitrogen and oxygen atoms in total. The Bertz CT molecular complexity index is 696. The third kappa shape index (κ3) is 2.37. The number of carboxylic acid groups (broad SMARTS) is 1. The Morgan fingerprint density at radius 2 is 2.14 bits per heavy atom. The van der Waals surface area contributed by atoms with Crippen LogP contribution < -0.4 is 0 Å². The van der Waals surface area contributed by atoms with Crippen LogP contribution in [0.4, 0.5) is 4.39 Å². The van der Waals surface area contributed by atoms with Crippen LogP contribution in [0.3, 0.4) is 0 Å². The molecule has 3 rings (SSSR count). The van der Waals surface area contributed by atoms with Crippen molar-refractivity contribution >= 4 is 22.8 Å². The second kappa shape index (κ2) is 5.20. The lowest BCUT2D eigenvalue weighted by Gasteiger charge is -2.16. The number of carboxylic acids is 1. The van der Waals surface area contributed by atoms with E-state index >= 15 is 0 Å². The summed E-state index contributed by atoms with van der Waals surface area (Å²) in [7, 11) is 0. The maximum absolute atomic E-state index is 13.5. The van der Waals surface area contributed by atoms with Crippen LogP contribution >= 0.6 is 0 Å². The first-order chi connectivity index (χ1) is 10.1. The van der Waals surface area contributed by atoms with Crippen LogP contribution in [0.15, 0.2) is 34.9 Å². The zero-order chi connectivity index (χ0) is 15.0. The molecule has 2 heterocycles. The summed E-state index contributed by atoms with van der Waals surface area (Å²) in [6.07, 6.45) is -0.178. The quantitative estimate of drug-likeness (QED) is 0.942. The van der Waals surface area contributed by atoms with Crippen molar-refractivity contribution < 1.29 is 23.5 Å². The Hall–Kier alpha value is -2.37. The molecule has 110 valence electrons. The predicted octanol–water partition coefficient (Wildman–Crippen LogP) is 2.32. The SMILES string of the molecule is O=C(O)C(F)C1CCN(C(=O)c2coc3ccccc23)C1. The Morgan fingerprint density at radius 1 is 1.38 bits per heavy atom. The number of furan rings is 1. The van der Waals surface area contributed by atoms with Gasteiger partial charge < -0.3 is 14.4 Å². The van der Waals surface area contributed by atoms with Crippen molar-refractivity contribution in [1.29, 1.82) is 0 Å². The number of carbonyl (C=O) groups excluding carboxylic acids is 1. The van der Waals surface area contributed by atoms with Gasteiger partial charge in [0.25, 0.3) is 5.91 Å². The standard InChI is InChI=1S/C15H14FNO4/c16-13(15(19)20)9-5-6-17(7-9)14(18)11-8-21-12-4-2-1-3-10(11)12/h1-4,8-9,13H,5-7H2,(H,19,20). The molecule has 21 heavy (non-hydrogen) atoms. The lowest BCUT2D eigenvalue weighted by atomic mass is 10.0. The highest BCUT2D eigenvalue weighted by Gasteiger charge is 2.36. The number of aliphatic carboxylic acids is 1. The Kier molecular flexibility index (Phi) is 3.37. The largest absolute Gasteiger partial charge is 0.479 e. The summed E-state index contributed by atoms with van der Waals surface area (Å²) in [5.41, 5.74) is 1.04. The summed E-state index contributed by atoms with van der Waals surface area (Å²) in [5.74, 6) is -2.37. The van der Waals surface area contributed by atoms with Gasteiger partial charge in [0.2, 0.25) is 6.17 Å². The van der Waals surface area contributed by atoms with E-state index in [0.29, 0.717) is 29.5 Å². The van der Waals surface area contributed by atoms with Gasteiger partial charge in [0.15, 0.2) is 0 Å². The average molecular weight is 291 g/mol. The molecule has 1 aliphatic rings. The summed E-state index contributed by atoms with van der Waals surface area (Å²) in [4.78, 5) is 24.6. The molecule has 0 radical (unpaired) electrons. The molecular weight excluding hydrogens is 277 g/mol. The number of hydrogen-bond donors (Lipinski definition) is 1. The van der Waals surface area contributed by atoms with E-state index in [1.807, 2.05) is 12.1 Å². The number of carbonyl (C=O) groups is 2. The van der Waals surface area contributed by atoms with E-state index in [1.54, 1.807) is 12.1 Å². The molecule has 2 unspecified atom stereocenters. The summed E-state index contributed by atoms with van der Waals surface area (Å²) in [6, 6.07) is 7.17. The number of hydrogen-bond acceptors (Lipinski definition) is 3. The Balaban J connectivity index is 1.79. The van der Waals surface area contributed by atoms with Crippen LogP contribution in [0, 0.1) is 5.92 Å². The van der Waals surface area contributed by atoms with Crippen molar-refractivity contribution in [1.82, 2.24) is 4.90 Å². The van der Waals surface area contributed by atoms with Crippen molar-refractivity contribution in [3.8, 4) is 0 Å². The number of rotatable bonds is 3. The number of likely N-dealkylation sites (tertiary alicyclic amines) is 1. The van der Waals surface area contributed by atoms with Crippen molar-refractivity contribution in [2.75, 3.05) is 13.1 Å². The summed E-state index contributed by atoms with van der Waals surface area (Å²) in [6.45, 7) is 0.475. The molecule has 1 aromatic carbocycles. The molecule has 1 aromatic heterocycles. The lowest BCUT2D eigenvalue weighted by molar-refractivity contribution is -0.144. The van der Waals surface area contributed by atoms with Gasteiger partial charge in [0, 0.05) is 24.4 Å². The topological polar surface area (TPSA) is 70.8 Å². The minimum absolute atomic E-state index is 0.117. The molecule has 2 atom stereocenters. The van der Waals surface area contributed by atoms with Crippen molar-refractivity contribution in [2.45, 2.75) is 12.6 Å².